The van der Waals surface area contributed by atoms with Gasteiger partial charge >= 0.3 is 6.03 Å². The quantitative estimate of drug-likeness (QED) is 0.832. The van der Waals surface area contributed by atoms with Gasteiger partial charge < -0.3 is 5.32 Å². The van der Waals surface area contributed by atoms with Gasteiger partial charge in [-0.2, -0.15) is 0 Å². The Balaban J connectivity index is 1.40. The van der Waals surface area contributed by atoms with Crippen molar-refractivity contribution >= 4 is 11.9 Å². The molecule has 1 saturated carbocycles. The predicted octanol–water partition coefficient (Wildman–Crippen LogP) is 2.27. The summed E-state index contributed by atoms with van der Waals surface area (Å²) in [6.45, 7) is 7.11. The minimum Gasteiger partial charge on any atom is -0.335 e. The van der Waals surface area contributed by atoms with Crippen LogP contribution in [0.4, 0.5) is 4.79 Å². The molecule has 27 heavy (non-hydrogen) atoms. The van der Waals surface area contributed by atoms with Crippen molar-refractivity contribution < 1.29 is 9.59 Å². The van der Waals surface area contributed by atoms with Crippen LogP contribution in [-0.4, -0.2) is 60.5 Å². The third-order valence-electron chi connectivity index (χ3n) is 5.65. The van der Waals surface area contributed by atoms with Gasteiger partial charge in [-0.1, -0.05) is 37.1 Å². The molecule has 1 aromatic carbocycles. The van der Waals surface area contributed by atoms with Gasteiger partial charge in [-0.05, 0) is 50.4 Å². The molecular weight excluding hydrogens is 340 g/mol. The lowest BCUT2D eigenvalue weighted by Crippen LogP contribution is -2.47. The molecule has 1 aliphatic heterocycles. The van der Waals surface area contributed by atoms with E-state index >= 15 is 0 Å². The second-order valence-corrected chi connectivity index (χ2v) is 7.84. The highest BCUT2D eigenvalue weighted by Crippen LogP contribution is 2.17. The van der Waals surface area contributed by atoms with E-state index in [2.05, 4.69) is 51.6 Å². The number of urea groups is 1. The molecule has 148 valence electrons. The summed E-state index contributed by atoms with van der Waals surface area (Å²) in [4.78, 5) is 28.7. The molecule has 2 N–H and O–H groups in total. The first kappa shape index (κ1) is 19.8. The Morgan fingerprint density at radius 1 is 1.00 bits per heavy atom. The summed E-state index contributed by atoms with van der Waals surface area (Å²) in [6.07, 6.45) is 5.39. The molecule has 0 radical (unpaired) electrons. The highest BCUT2D eigenvalue weighted by Gasteiger charge is 2.21. The van der Waals surface area contributed by atoms with Crippen molar-refractivity contribution in [2.75, 3.05) is 32.7 Å². The molecule has 1 heterocycles. The second-order valence-electron chi connectivity index (χ2n) is 7.84. The summed E-state index contributed by atoms with van der Waals surface area (Å²) >= 11 is 0. The molecule has 2 fully saturated rings. The first-order valence-corrected chi connectivity index (χ1v) is 10.2. The van der Waals surface area contributed by atoms with E-state index in [0.717, 1.165) is 64.8 Å². The van der Waals surface area contributed by atoms with E-state index < -0.39 is 0 Å². The van der Waals surface area contributed by atoms with Crippen molar-refractivity contribution in [2.45, 2.75) is 51.6 Å². The van der Waals surface area contributed by atoms with Crippen molar-refractivity contribution in [3.8, 4) is 0 Å². The fourth-order valence-corrected chi connectivity index (χ4v) is 4.03. The standard InChI is InChI=1S/C21H32N4O2/c1-17-7-2-3-8-18(17)15-24-11-6-12-25(14-13-24)16-20(26)23-21(27)22-19-9-4-5-10-19/h2-3,7-8,19H,4-6,9-16H2,1H3,(H2,22,23,26,27). The lowest BCUT2D eigenvalue weighted by atomic mass is 10.1. The Labute approximate surface area is 162 Å². The number of rotatable bonds is 5. The van der Waals surface area contributed by atoms with Gasteiger partial charge in [0.2, 0.25) is 5.91 Å². The predicted molar refractivity (Wildman–Crippen MR) is 106 cm³/mol. The first-order chi connectivity index (χ1) is 13.1. The maximum Gasteiger partial charge on any atom is 0.321 e. The molecule has 1 saturated heterocycles. The molecule has 2 aliphatic rings. The molecule has 6 heteroatoms. The molecule has 3 rings (SSSR count). The van der Waals surface area contributed by atoms with Crippen molar-refractivity contribution in [2.24, 2.45) is 0 Å². The van der Waals surface area contributed by atoms with Gasteiger partial charge in [0.25, 0.3) is 0 Å². The molecule has 0 spiro atoms. The Kier molecular flexibility index (Phi) is 7.24. The zero-order valence-electron chi connectivity index (χ0n) is 16.4. The Bertz CT molecular complexity index is 643. The number of hydrogen-bond donors (Lipinski definition) is 2. The minimum absolute atomic E-state index is 0.210. The zero-order chi connectivity index (χ0) is 19.1. The van der Waals surface area contributed by atoms with Gasteiger partial charge in [0.15, 0.2) is 0 Å². The molecule has 3 amide bonds. The molecule has 0 aromatic heterocycles. The Morgan fingerprint density at radius 3 is 2.48 bits per heavy atom. The average molecular weight is 373 g/mol. The number of nitrogens with one attached hydrogen (secondary N) is 2. The molecule has 6 nitrogen and oxygen atoms in total. The number of carbonyl (C=O) groups excluding carboxylic acids is 2. The lowest BCUT2D eigenvalue weighted by molar-refractivity contribution is -0.121. The van der Waals surface area contributed by atoms with Crippen LogP contribution in [0, 0.1) is 6.92 Å². The number of amides is 3. The third kappa shape index (κ3) is 6.33. The van der Waals surface area contributed by atoms with Crippen molar-refractivity contribution in [1.29, 1.82) is 0 Å². The summed E-state index contributed by atoms with van der Waals surface area (Å²) in [5, 5.41) is 5.39. The monoisotopic (exact) mass is 372 g/mol. The smallest absolute Gasteiger partial charge is 0.321 e. The third-order valence-corrected chi connectivity index (χ3v) is 5.65. The summed E-state index contributed by atoms with van der Waals surface area (Å²) < 4.78 is 0. The number of nitrogens with zero attached hydrogens (tertiary/aromatic N) is 2. The van der Waals surface area contributed by atoms with Gasteiger partial charge in [0.05, 0.1) is 6.54 Å². The molecule has 0 bridgehead atoms. The van der Waals surface area contributed by atoms with Crippen LogP contribution in [0.2, 0.25) is 0 Å². The van der Waals surface area contributed by atoms with E-state index in [9.17, 15) is 9.59 Å². The summed E-state index contributed by atoms with van der Waals surface area (Å²) in [6, 6.07) is 8.39. The van der Waals surface area contributed by atoms with Crippen LogP contribution in [0.25, 0.3) is 0 Å². The maximum atomic E-state index is 12.2. The minimum atomic E-state index is -0.345. The highest BCUT2D eigenvalue weighted by molar-refractivity contribution is 5.95. The summed E-state index contributed by atoms with van der Waals surface area (Å²) in [5.74, 6) is -0.210. The van der Waals surface area contributed by atoms with Gasteiger partial charge in [0, 0.05) is 25.7 Å². The fraction of sp³-hybridized carbons (Fsp3) is 0.619. The van der Waals surface area contributed by atoms with Crippen molar-refractivity contribution in [3.05, 3.63) is 35.4 Å². The van der Waals surface area contributed by atoms with Crippen LogP contribution < -0.4 is 10.6 Å². The number of hydrogen-bond acceptors (Lipinski definition) is 4. The number of benzene rings is 1. The van der Waals surface area contributed by atoms with Crippen LogP contribution in [0.15, 0.2) is 24.3 Å². The van der Waals surface area contributed by atoms with E-state index in [0.29, 0.717) is 0 Å². The molecular formula is C21H32N4O2. The van der Waals surface area contributed by atoms with E-state index in [1.165, 1.54) is 11.1 Å². The largest absolute Gasteiger partial charge is 0.335 e. The van der Waals surface area contributed by atoms with Gasteiger partial charge in [0.1, 0.15) is 0 Å². The highest BCUT2D eigenvalue weighted by atomic mass is 16.2. The van der Waals surface area contributed by atoms with Crippen LogP contribution in [0.3, 0.4) is 0 Å². The number of imide groups is 1. The lowest BCUT2D eigenvalue weighted by Gasteiger charge is -2.22. The van der Waals surface area contributed by atoms with E-state index in [1.54, 1.807) is 0 Å². The first-order valence-electron chi connectivity index (χ1n) is 10.2. The average Bonchev–Trinajstić information content (AvgIpc) is 3.04. The molecule has 0 unspecified atom stereocenters. The van der Waals surface area contributed by atoms with Gasteiger partial charge in [-0.25, -0.2) is 4.79 Å². The van der Waals surface area contributed by atoms with E-state index in [4.69, 9.17) is 0 Å². The Morgan fingerprint density at radius 2 is 1.70 bits per heavy atom. The maximum absolute atomic E-state index is 12.2. The van der Waals surface area contributed by atoms with E-state index in [-0.39, 0.29) is 24.5 Å². The van der Waals surface area contributed by atoms with Gasteiger partial charge in [-0.3, -0.25) is 19.9 Å². The SMILES string of the molecule is Cc1ccccc1CN1CCCN(CC(=O)NC(=O)NC2CCCC2)CC1. The zero-order valence-corrected chi connectivity index (χ0v) is 16.4. The van der Waals surface area contributed by atoms with E-state index in [1.807, 2.05) is 0 Å². The fourth-order valence-electron chi connectivity index (χ4n) is 4.03. The van der Waals surface area contributed by atoms with Crippen LogP contribution >= 0.6 is 0 Å². The number of aryl methyl sites for hydroxylation is 1. The second kappa shape index (κ2) is 9.85. The molecule has 1 aliphatic carbocycles. The Hall–Kier alpha value is -1.92. The van der Waals surface area contributed by atoms with Crippen LogP contribution in [0.1, 0.15) is 43.2 Å². The van der Waals surface area contributed by atoms with Crippen LogP contribution in [-0.2, 0) is 11.3 Å². The summed E-state index contributed by atoms with van der Waals surface area (Å²) in [7, 11) is 0. The normalized spacial score (nSPS) is 19.6. The summed E-state index contributed by atoms with van der Waals surface area (Å²) in [5.41, 5.74) is 2.69. The van der Waals surface area contributed by atoms with Crippen molar-refractivity contribution in [1.82, 2.24) is 20.4 Å². The van der Waals surface area contributed by atoms with Crippen molar-refractivity contribution in [3.63, 3.8) is 0 Å². The number of carbonyl (C=O) groups is 2. The molecule has 0 atom stereocenters. The van der Waals surface area contributed by atoms with Gasteiger partial charge in [-0.15, -0.1) is 0 Å². The van der Waals surface area contributed by atoms with Crippen LogP contribution in [0.5, 0.6) is 0 Å². The topological polar surface area (TPSA) is 64.7 Å². The molecule has 1 aromatic rings.